The van der Waals surface area contributed by atoms with Crippen molar-refractivity contribution in [3.05, 3.63) is 39.3 Å². The van der Waals surface area contributed by atoms with E-state index < -0.39 is 80.0 Å². The molecule has 0 bridgehead atoms. The number of hydrogen-bond acceptors (Lipinski definition) is 21. The first-order valence-electron chi connectivity index (χ1n) is 21.0. The van der Waals surface area contributed by atoms with Crippen LogP contribution in [0.25, 0.3) is 10.4 Å². The summed E-state index contributed by atoms with van der Waals surface area (Å²) in [7, 11) is -5.05. The van der Waals surface area contributed by atoms with Gasteiger partial charge in [-0.15, -0.1) is 5.06 Å². The van der Waals surface area contributed by atoms with E-state index in [1.54, 1.807) is 0 Å². The number of nitrogens with zero attached hydrogens (tertiary/aromatic N) is 4. The molecule has 1 aliphatic rings. The number of carbonyl (C=O) groups is 4. The zero-order valence-corrected chi connectivity index (χ0v) is 40.9. The summed E-state index contributed by atoms with van der Waals surface area (Å²) < 4.78 is 153. The molecule has 0 spiro atoms. The van der Waals surface area contributed by atoms with Crippen molar-refractivity contribution in [1.29, 1.82) is 0 Å². The molecule has 1 aromatic carbocycles. The molecule has 25 nitrogen and oxygen atoms in total. The second-order valence-corrected chi connectivity index (χ2v) is 14.8. The van der Waals surface area contributed by atoms with Crippen molar-refractivity contribution in [2.75, 3.05) is 165 Å². The number of amides is 3. The number of hydrogen-bond donors (Lipinski definition) is 1. The van der Waals surface area contributed by atoms with Crippen molar-refractivity contribution in [2.24, 2.45) is 5.11 Å². The molecule has 0 aromatic heterocycles. The van der Waals surface area contributed by atoms with Gasteiger partial charge in [0.25, 0.3) is 17.7 Å². The number of ether oxygens (including phenoxy) is 12. The van der Waals surface area contributed by atoms with E-state index in [0.29, 0.717) is 106 Å². The van der Waals surface area contributed by atoms with E-state index in [0.717, 1.165) is 0 Å². The Balaban J connectivity index is 0.0000238. The third kappa shape index (κ3) is 27.8. The number of hydroxylamine groups is 2. The second-order valence-electron chi connectivity index (χ2n) is 13.2. The van der Waals surface area contributed by atoms with Gasteiger partial charge in [0.1, 0.15) is 26.6 Å². The normalized spacial score (nSPS) is 13.7. The number of nitrogens with one attached hydrogen (secondary N) is 1. The third-order valence-corrected chi connectivity index (χ3v) is 9.36. The number of imide groups is 1. The van der Waals surface area contributed by atoms with Crippen LogP contribution in [-0.4, -0.2) is 212 Å². The zero-order valence-electron chi connectivity index (χ0n) is 38.0. The summed E-state index contributed by atoms with van der Waals surface area (Å²) in [5.41, 5.74) is 5.26. The molecular formula is C38H56F4N5NaO20S. The van der Waals surface area contributed by atoms with Gasteiger partial charge in [-0.25, -0.2) is 30.8 Å². The molecule has 3 amide bonds. The average molecular weight is 1030 g/mol. The first kappa shape index (κ1) is 63.8. The molecule has 1 aromatic rings. The maximum absolute atomic E-state index is 14.0. The number of carbonyl (C=O) groups excluding carboxylic acids is 4. The van der Waals surface area contributed by atoms with Crippen LogP contribution in [0.4, 0.5) is 23.2 Å². The van der Waals surface area contributed by atoms with Gasteiger partial charge in [-0.2, -0.15) is 0 Å². The van der Waals surface area contributed by atoms with Crippen LogP contribution >= 0.6 is 0 Å². The molecule has 388 valence electrons. The summed E-state index contributed by atoms with van der Waals surface area (Å²) in [6.45, 7) is 6.68. The number of rotatable bonds is 43. The molecule has 1 saturated heterocycles. The first-order valence-corrected chi connectivity index (χ1v) is 22.4. The van der Waals surface area contributed by atoms with Crippen molar-refractivity contribution >= 4 is 39.5 Å². The molecule has 1 fully saturated rings. The van der Waals surface area contributed by atoms with Crippen LogP contribution in [-0.2, 0) is 86.2 Å². The molecule has 0 saturated carbocycles. The van der Waals surface area contributed by atoms with Crippen LogP contribution in [0.3, 0.4) is 0 Å². The van der Waals surface area contributed by atoms with E-state index in [4.69, 9.17) is 62.4 Å². The molecule has 0 radical (unpaired) electrons. The molecular weight excluding hydrogens is 977 g/mol. The quantitative estimate of drug-likeness (QED) is 0.00823. The summed E-state index contributed by atoms with van der Waals surface area (Å²) in [5.74, 6) is -12.9. The van der Waals surface area contributed by atoms with Crippen LogP contribution in [0.2, 0.25) is 0 Å². The van der Waals surface area contributed by atoms with Crippen LogP contribution in [0.15, 0.2) is 5.11 Å². The fourth-order valence-electron chi connectivity index (χ4n) is 5.01. The number of benzene rings is 1. The Morgan fingerprint density at radius 3 is 1.22 bits per heavy atom. The van der Waals surface area contributed by atoms with E-state index >= 15 is 0 Å². The minimum Gasteiger partial charge on any atom is -0.747 e. The molecule has 31 heteroatoms. The van der Waals surface area contributed by atoms with E-state index in [1.807, 2.05) is 0 Å². The molecule has 1 atom stereocenters. The minimum absolute atomic E-state index is 0. The fourth-order valence-corrected chi connectivity index (χ4v) is 5.69. The molecule has 1 heterocycles. The number of azide groups is 1. The summed E-state index contributed by atoms with van der Waals surface area (Å²) in [6.07, 6.45) is -1.22. The maximum Gasteiger partial charge on any atom is 1.00 e. The molecule has 1 N–H and O–H groups in total. The topological polar surface area (TPSA) is 309 Å². The number of halogens is 4. The molecule has 1 aliphatic heterocycles. The van der Waals surface area contributed by atoms with Gasteiger partial charge in [-0.3, -0.25) is 14.4 Å². The molecule has 69 heavy (non-hydrogen) atoms. The van der Waals surface area contributed by atoms with Gasteiger partial charge in [-0.05, 0) is 5.53 Å². The Hall–Kier alpha value is -3.24. The summed E-state index contributed by atoms with van der Waals surface area (Å²) in [6, 6.07) is 0. The standard InChI is InChI=1S/C38H57F4N5O20S.Na/c39-32-31(33(40)35(42)36(34(32)41)45-46-43)37(50)44-2-4-56-6-8-58-10-12-60-14-16-62-18-20-64-22-24-66-26-25-65-23-21-63-19-17-61-15-13-59-11-9-57-7-5-55-3-1-30(49)67-47-29(48)27-28(38(47)51)68(52,53)54;/h28H,1-27H2,(H,44,50)(H,52,53,54);/q;+1/p-1. The summed E-state index contributed by atoms with van der Waals surface area (Å²) in [4.78, 5) is 53.9. The summed E-state index contributed by atoms with van der Waals surface area (Å²) >= 11 is 0. The predicted molar refractivity (Wildman–Crippen MR) is 218 cm³/mol. The minimum atomic E-state index is -5.05. The van der Waals surface area contributed by atoms with Gasteiger partial charge in [-0.1, -0.05) is 5.11 Å². The van der Waals surface area contributed by atoms with Crippen molar-refractivity contribution in [3.8, 4) is 0 Å². The van der Waals surface area contributed by atoms with Gasteiger partial charge in [0.05, 0.1) is 171 Å². The smallest absolute Gasteiger partial charge is 0.747 e. The van der Waals surface area contributed by atoms with Crippen LogP contribution < -0.4 is 34.9 Å². The predicted octanol–water partition coefficient (Wildman–Crippen LogP) is -2.36. The largest absolute Gasteiger partial charge is 1.00 e. The third-order valence-electron chi connectivity index (χ3n) is 8.29. The van der Waals surface area contributed by atoms with Gasteiger partial charge in [0.2, 0.25) is 0 Å². The zero-order chi connectivity index (χ0) is 49.8. The van der Waals surface area contributed by atoms with Gasteiger partial charge < -0.3 is 71.5 Å². The van der Waals surface area contributed by atoms with Crippen molar-refractivity contribution in [3.63, 3.8) is 0 Å². The van der Waals surface area contributed by atoms with E-state index in [1.165, 1.54) is 0 Å². The maximum atomic E-state index is 14.0. The van der Waals surface area contributed by atoms with Gasteiger partial charge in [0, 0.05) is 11.5 Å². The first-order chi connectivity index (χ1) is 32.8. The Morgan fingerprint density at radius 2 is 0.913 bits per heavy atom. The van der Waals surface area contributed by atoms with Crippen LogP contribution in [0, 0.1) is 23.3 Å². The molecule has 2 rings (SSSR count). The van der Waals surface area contributed by atoms with Crippen LogP contribution in [0.1, 0.15) is 23.2 Å². The molecule has 1 unspecified atom stereocenters. The van der Waals surface area contributed by atoms with E-state index in [9.17, 15) is 49.7 Å². The van der Waals surface area contributed by atoms with Crippen molar-refractivity contribution in [2.45, 2.75) is 18.1 Å². The average Bonchev–Trinajstić information content (AvgIpc) is 3.59. The van der Waals surface area contributed by atoms with Gasteiger partial charge in [0.15, 0.2) is 23.3 Å². The molecule has 0 aliphatic carbocycles. The fraction of sp³-hybridized carbons (Fsp3) is 0.737. The van der Waals surface area contributed by atoms with E-state index in [-0.39, 0.29) is 100 Å². The van der Waals surface area contributed by atoms with Crippen LogP contribution in [0.5, 0.6) is 0 Å². The summed E-state index contributed by atoms with van der Waals surface area (Å²) in [5, 5.41) is 2.51. The van der Waals surface area contributed by atoms with Gasteiger partial charge >= 0.3 is 35.5 Å². The van der Waals surface area contributed by atoms with Crippen molar-refractivity contribution in [1.82, 2.24) is 10.4 Å². The Bertz CT molecular complexity index is 1800. The van der Waals surface area contributed by atoms with Crippen molar-refractivity contribution < 1.29 is 141 Å². The monoisotopic (exact) mass is 1030 g/mol. The SMILES string of the molecule is [N-]=[N+]=Nc1c(F)c(F)c(C(=O)NCCOCCOCCOCCOCCOCCOCCOCCOCCOCCOCCOCCOCCC(=O)ON2C(=O)CC(S(=O)(=O)[O-])C2=O)c(F)c1F.[Na+]. The Morgan fingerprint density at radius 1 is 0.594 bits per heavy atom. The van der Waals surface area contributed by atoms with E-state index in [2.05, 4.69) is 20.2 Å². The Kier molecular flexibility index (Phi) is 36.4. The Labute approximate surface area is 416 Å². The second kappa shape index (κ2) is 39.4.